The molecule has 3 rings (SSSR count). The molecular formula is C14H25NO2S. The highest BCUT2D eigenvalue weighted by molar-refractivity contribution is 7.99. The monoisotopic (exact) mass is 271 g/mol. The maximum absolute atomic E-state index is 6.48. The molecule has 1 spiro atoms. The van der Waals surface area contributed by atoms with E-state index in [1.54, 1.807) is 0 Å². The van der Waals surface area contributed by atoms with E-state index >= 15 is 0 Å². The van der Waals surface area contributed by atoms with E-state index in [2.05, 4.69) is 6.92 Å². The number of ether oxygens (including phenoxy) is 2. The zero-order valence-electron chi connectivity index (χ0n) is 11.3. The van der Waals surface area contributed by atoms with Crippen LogP contribution in [0.1, 0.15) is 39.0 Å². The summed E-state index contributed by atoms with van der Waals surface area (Å²) in [6, 6.07) is 0.210. The molecule has 0 bridgehead atoms. The van der Waals surface area contributed by atoms with E-state index in [9.17, 15) is 0 Å². The van der Waals surface area contributed by atoms with Crippen molar-refractivity contribution in [3.63, 3.8) is 0 Å². The molecule has 3 aliphatic rings. The van der Waals surface area contributed by atoms with Crippen molar-refractivity contribution in [2.75, 3.05) is 18.1 Å². The third-order valence-corrected chi connectivity index (χ3v) is 6.06. The number of nitrogens with two attached hydrogens (primary N) is 1. The Kier molecular flexibility index (Phi) is 3.90. The molecule has 18 heavy (non-hydrogen) atoms. The lowest BCUT2D eigenvalue weighted by Crippen LogP contribution is -2.49. The Bertz CT molecular complexity index is 294. The van der Waals surface area contributed by atoms with Crippen molar-refractivity contribution in [2.45, 2.75) is 62.9 Å². The minimum Gasteiger partial charge on any atom is -0.374 e. The van der Waals surface area contributed by atoms with E-state index in [0.29, 0.717) is 12.0 Å². The SMILES string of the molecule is CC1CCC(C(N)C2CCOC3(CCSC3)C2)O1. The van der Waals surface area contributed by atoms with Crippen LogP contribution < -0.4 is 5.73 Å². The van der Waals surface area contributed by atoms with Crippen LogP contribution in [-0.2, 0) is 9.47 Å². The summed E-state index contributed by atoms with van der Waals surface area (Å²) >= 11 is 2.03. The minimum absolute atomic E-state index is 0.148. The first kappa shape index (κ1) is 13.2. The average Bonchev–Trinajstić information content (AvgIpc) is 2.98. The molecule has 0 aliphatic carbocycles. The zero-order chi connectivity index (χ0) is 12.6. The van der Waals surface area contributed by atoms with Gasteiger partial charge in [0.25, 0.3) is 0 Å². The molecule has 3 fully saturated rings. The van der Waals surface area contributed by atoms with Gasteiger partial charge in [-0.2, -0.15) is 11.8 Å². The molecule has 0 amide bonds. The Labute approximate surface area is 114 Å². The molecule has 0 aromatic heterocycles. The molecule has 0 aromatic carbocycles. The zero-order valence-corrected chi connectivity index (χ0v) is 12.1. The molecule has 3 heterocycles. The summed E-state index contributed by atoms with van der Waals surface area (Å²) in [6.07, 6.45) is 6.47. The van der Waals surface area contributed by atoms with Crippen LogP contribution in [0.2, 0.25) is 0 Å². The summed E-state index contributed by atoms with van der Waals surface area (Å²) in [6.45, 7) is 3.05. The molecule has 5 unspecified atom stereocenters. The van der Waals surface area contributed by atoms with Crippen LogP contribution in [0.15, 0.2) is 0 Å². The first-order valence-corrected chi connectivity index (χ1v) is 8.47. The predicted octanol–water partition coefficient (Wildman–Crippen LogP) is 2.18. The van der Waals surface area contributed by atoms with E-state index in [0.717, 1.165) is 31.6 Å². The van der Waals surface area contributed by atoms with E-state index in [-0.39, 0.29) is 17.7 Å². The number of hydrogen-bond donors (Lipinski definition) is 1. The second kappa shape index (κ2) is 5.31. The number of hydrogen-bond acceptors (Lipinski definition) is 4. The molecule has 0 radical (unpaired) electrons. The molecule has 2 N–H and O–H groups in total. The average molecular weight is 271 g/mol. The highest BCUT2D eigenvalue weighted by Gasteiger charge is 2.44. The van der Waals surface area contributed by atoms with Crippen LogP contribution in [-0.4, -0.2) is 42.0 Å². The van der Waals surface area contributed by atoms with Gasteiger partial charge in [0, 0.05) is 18.4 Å². The molecule has 3 aliphatic heterocycles. The molecule has 5 atom stereocenters. The standard InChI is InChI=1S/C14H25NO2S/c1-10-2-3-12(17-10)13(15)11-4-6-16-14(8-11)5-7-18-9-14/h10-13H,2-9,15H2,1H3. The molecule has 0 saturated carbocycles. The lowest BCUT2D eigenvalue weighted by molar-refractivity contribution is -0.0926. The molecule has 104 valence electrons. The quantitative estimate of drug-likeness (QED) is 0.836. The van der Waals surface area contributed by atoms with E-state index in [1.807, 2.05) is 11.8 Å². The van der Waals surface area contributed by atoms with Gasteiger partial charge in [0.05, 0.1) is 17.8 Å². The van der Waals surface area contributed by atoms with Crippen molar-refractivity contribution in [3.8, 4) is 0 Å². The highest BCUT2D eigenvalue weighted by atomic mass is 32.2. The fraction of sp³-hybridized carbons (Fsp3) is 1.00. The van der Waals surface area contributed by atoms with Crippen molar-refractivity contribution in [2.24, 2.45) is 11.7 Å². The van der Waals surface area contributed by atoms with Crippen LogP contribution in [0, 0.1) is 5.92 Å². The van der Waals surface area contributed by atoms with Crippen molar-refractivity contribution < 1.29 is 9.47 Å². The van der Waals surface area contributed by atoms with Gasteiger partial charge in [-0.3, -0.25) is 0 Å². The van der Waals surface area contributed by atoms with Gasteiger partial charge in [0.1, 0.15) is 0 Å². The molecule has 3 saturated heterocycles. The number of rotatable bonds is 2. The lowest BCUT2D eigenvalue weighted by atomic mass is 9.79. The van der Waals surface area contributed by atoms with Gasteiger partial charge < -0.3 is 15.2 Å². The summed E-state index contributed by atoms with van der Waals surface area (Å²) in [5.74, 6) is 3.00. The Hall–Kier alpha value is 0.230. The summed E-state index contributed by atoms with van der Waals surface area (Å²) in [7, 11) is 0. The first-order chi connectivity index (χ1) is 8.69. The Balaban J connectivity index is 1.61. The van der Waals surface area contributed by atoms with Gasteiger partial charge in [-0.05, 0) is 50.7 Å². The Morgan fingerprint density at radius 1 is 1.33 bits per heavy atom. The largest absolute Gasteiger partial charge is 0.374 e. The topological polar surface area (TPSA) is 44.5 Å². The van der Waals surface area contributed by atoms with E-state index < -0.39 is 0 Å². The maximum Gasteiger partial charge on any atom is 0.0783 e. The summed E-state index contributed by atoms with van der Waals surface area (Å²) in [5.41, 5.74) is 6.63. The highest BCUT2D eigenvalue weighted by Crippen LogP contribution is 2.42. The van der Waals surface area contributed by atoms with Crippen LogP contribution in [0.3, 0.4) is 0 Å². The fourth-order valence-electron chi connectivity index (χ4n) is 3.68. The smallest absolute Gasteiger partial charge is 0.0783 e. The van der Waals surface area contributed by atoms with Crippen LogP contribution >= 0.6 is 11.8 Å². The Morgan fingerprint density at radius 2 is 2.22 bits per heavy atom. The van der Waals surface area contributed by atoms with Crippen molar-refractivity contribution in [3.05, 3.63) is 0 Å². The molecular weight excluding hydrogens is 246 g/mol. The van der Waals surface area contributed by atoms with Crippen molar-refractivity contribution in [1.82, 2.24) is 0 Å². The fourth-order valence-corrected chi connectivity index (χ4v) is 5.06. The van der Waals surface area contributed by atoms with Gasteiger partial charge >= 0.3 is 0 Å². The van der Waals surface area contributed by atoms with Crippen molar-refractivity contribution in [1.29, 1.82) is 0 Å². The summed E-state index contributed by atoms with van der Waals surface area (Å²) < 4.78 is 12.0. The lowest BCUT2D eigenvalue weighted by Gasteiger charge is -2.41. The van der Waals surface area contributed by atoms with Gasteiger partial charge in [0.2, 0.25) is 0 Å². The van der Waals surface area contributed by atoms with Crippen LogP contribution in [0.5, 0.6) is 0 Å². The Morgan fingerprint density at radius 3 is 2.89 bits per heavy atom. The van der Waals surface area contributed by atoms with Gasteiger partial charge in [0.15, 0.2) is 0 Å². The van der Waals surface area contributed by atoms with E-state index in [1.165, 1.54) is 18.6 Å². The molecule has 4 heteroatoms. The second-order valence-corrected chi connectivity index (χ2v) is 7.33. The second-order valence-electron chi connectivity index (χ2n) is 6.23. The van der Waals surface area contributed by atoms with Crippen molar-refractivity contribution >= 4 is 11.8 Å². The molecule has 3 nitrogen and oxygen atoms in total. The normalized spacial score (nSPS) is 46.7. The third-order valence-electron chi connectivity index (χ3n) is 4.84. The summed E-state index contributed by atoms with van der Waals surface area (Å²) in [4.78, 5) is 0. The maximum atomic E-state index is 6.48. The molecule has 0 aromatic rings. The van der Waals surface area contributed by atoms with Crippen LogP contribution in [0.25, 0.3) is 0 Å². The minimum atomic E-state index is 0.148. The predicted molar refractivity (Wildman–Crippen MR) is 74.9 cm³/mol. The first-order valence-electron chi connectivity index (χ1n) is 7.31. The van der Waals surface area contributed by atoms with Gasteiger partial charge in [-0.25, -0.2) is 0 Å². The van der Waals surface area contributed by atoms with Crippen LogP contribution in [0.4, 0.5) is 0 Å². The van der Waals surface area contributed by atoms with E-state index in [4.69, 9.17) is 15.2 Å². The number of thioether (sulfide) groups is 1. The summed E-state index contributed by atoms with van der Waals surface area (Å²) in [5, 5.41) is 0. The van der Waals surface area contributed by atoms with Gasteiger partial charge in [-0.1, -0.05) is 0 Å². The third kappa shape index (κ3) is 2.58. The van der Waals surface area contributed by atoms with Gasteiger partial charge in [-0.15, -0.1) is 0 Å².